The maximum Gasteiger partial charge on any atom is 0.373 e. The molecule has 0 fully saturated rings. The van der Waals surface area contributed by atoms with E-state index >= 15 is 0 Å². The molecule has 3 nitrogen and oxygen atoms in total. The smallest absolute Gasteiger partial charge is 0.373 e. The van der Waals surface area contributed by atoms with Crippen molar-refractivity contribution in [2.24, 2.45) is 0 Å². The van der Waals surface area contributed by atoms with Crippen LogP contribution in [0, 0.1) is 0 Å². The first-order valence-electron chi connectivity index (χ1n) is 4.65. The molecule has 0 aromatic heterocycles. The van der Waals surface area contributed by atoms with Crippen molar-refractivity contribution in [1.29, 1.82) is 0 Å². The number of anilines is 1. The standard InChI is InChI=1S/C10H17NO2Si/c1-4-14(12-2,13-3)10-8-6-5-7-9(10)11/h5-8H,4,11H2,1-3H3. The predicted molar refractivity (Wildman–Crippen MR) is 60.7 cm³/mol. The summed E-state index contributed by atoms with van der Waals surface area (Å²) in [6.45, 7) is 2.06. The van der Waals surface area contributed by atoms with E-state index in [2.05, 4.69) is 6.92 Å². The molecule has 78 valence electrons. The largest absolute Gasteiger partial charge is 0.399 e. The molecule has 0 amide bonds. The Balaban J connectivity index is 3.17. The zero-order valence-electron chi connectivity index (χ0n) is 8.91. The molecule has 0 spiro atoms. The maximum atomic E-state index is 5.91. The molecule has 1 aromatic carbocycles. The average molecular weight is 211 g/mol. The van der Waals surface area contributed by atoms with Crippen LogP contribution < -0.4 is 10.9 Å². The van der Waals surface area contributed by atoms with Gasteiger partial charge in [-0.1, -0.05) is 25.1 Å². The molecule has 0 aliphatic rings. The van der Waals surface area contributed by atoms with Gasteiger partial charge in [-0.3, -0.25) is 0 Å². The fourth-order valence-corrected chi connectivity index (χ4v) is 4.06. The summed E-state index contributed by atoms with van der Waals surface area (Å²) < 4.78 is 11.1. The van der Waals surface area contributed by atoms with Gasteiger partial charge in [-0.15, -0.1) is 0 Å². The van der Waals surface area contributed by atoms with Crippen molar-refractivity contribution in [1.82, 2.24) is 0 Å². The minimum absolute atomic E-state index is 0.754. The Morgan fingerprint density at radius 2 is 1.79 bits per heavy atom. The molecule has 0 aliphatic heterocycles. The number of rotatable bonds is 4. The topological polar surface area (TPSA) is 44.5 Å². The third-order valence-corrected chi connectivity index (χ3v) is 6.02. The van der Waals surface area contributed by atoms with Crippen LogP contribution in [0.25, 0.3) is 0 Å². The molecular formula is C10H17NO2Si. The molecule has 0 radical (unpaired) electrons. The second-order valence-electron chi connectivity index (χ2n) is 3.10. The lowest BCUT2D eigenvalue weighted by molar-refractivity contribution is 0.259. The summed E-state index contributed by atoms with van der Waals surface area (Å²) in [6, 6.07) is 8.59. The van der Waals surface area contributed by atoms with Gasteiger partial charge in [-0.05, 0) is 12.1 Å². The van der Waals surface area contributed by atoms with Gasteiger partial charge in [0, 0.05) is 25.1 Å². The molecule has 4 heteroatoms. The van der Waals surface area contributed by atoms with E-state index in [1.807, 2.05) is 24.3 Å². The van der Waals surface area contributed by atoms with Gasteiger partial charge in [0.05, 0.1) is 0 Å². The van der Waals surface area contributed by atoms with Gasteiger partial charge in [0.25, 0.3) is 0 Å². The Hall–Kier alpha value is -0.843. The molecular weight excluding hydrogens is 194 g/mol. The van der Waals surface area contributed by atoms with Gasteiger partial charge < -0.3 is 14.6 Å². The second kappa shape index (κ2) is 4.59. The average Bonchev–Trinajstić information content (AvgIpc) is 2.24. The molecule has 0 aliphatic carbocycles. The summed E-state index contributed by atoms with van der Waals surface area (Å²) in [7, 11) is 1.11. The molecule has 0 heterocycles. The highest BCUT2D eigenvalue weighted by Crippen LogP contribution is 2.14. The van der Waals surface area contributed by atoms with Crippen LogP contribution in [0.2, 0.25) is 6.04 Å². The van der Waals surface area contributed by atoms with Crippen LogP contribution in [-0.2, 0) is 8.85 Å². The van der Waals surface area contributed by atoms with Crippen LogP contribution in [0.15, 0.2) is 24.3 Å². The molecule has 1 aromatic rings. The van der Waals surface area contributed by atoms with Crippen LogP contribution >= 0.6 is 0 Å². The van der Waals surface area contributed by atoms with E-state index < -0.39 is 8.56 Å². The third-order valence-electron chi connectivity index (χ3n) is 2.50. The van der Waals surface area contributed by atoms with Crippen molar-refractivity contribution in [2.45, 2.75) is 13.0 Å². The van der Waals surface area contributed by atoms with Crippen LogP contribution in [0.4, 0.5) is 5.69 Å². The second-order valence-corrected chi connectivity index (χ2v) is 6.67. The summed E-state index contributed by atoms with van der Waals surface area (Å²) in [4.78, 5) is 0. The first-order chi connectivity index (χ1) is 6.70. The zero-order valence-corrected chi connectivity index (χ0v) is 9.91. The van der Waals surface area contributed by atoms with Crippen molar-refractivity contribution < 1.29 is 8.85 Å². The minimum atomic E-state index is -2.26. The van der Waals surface area contributed by atoms with E-state index in [9.17, 15) is 0 Å². The van der Waals surface area contributed by atoms with Gasteiger partial charge in [-0.25, -0.2) is 0 Å². The van der Waals surface area contributed by atoms with Crippen LogP contribution in [0.3, 0.4) is 0 Å². The SMILES string of the molecule is CC[Si](OC)(OC)c1ccccc1N. The summed E-state index contributed by atoms with van der Waals surface area (Å²) in [6.07, 6.45) is 0. The van der Waals surface area contributed by atoms with Crippen molar-refractivity contribution in [3.63, 3.8) is 0 Å². The van der Waals surface area contributed by atoms with Crippen molar-refractivity contribution in [3.05, 3.63) is 24.3 Å². The fraction of sp³-hybridized carbons (Fsp3) is 0.400. The first kappa shape index (κ1) is 11.2. The number of nitrogens with two attached hydrogens (primary N) is 1. The summed E-state index contributed by atoms with van der Waals surface area (Å²) in [5.74, 6) is 0. The molecule has 1 rings (SSSR count). The van der Waals surface area contributed by atoms with Gasteiger partial charge in [0.2, 0.25) is 0 Å². The maximum absolute atomic E-state index is 5.91. The molecule has 0 saturated carbocycles. The highest BCUT2D eigenvalue weighted by atomic mass is 28.4. The van der Waals surface area contributed by atoms with Crippen molar-refractivity contribution in [2.75, 3.05) is 20.0 Å². The monoisotopic (exact) mass is 211 g/mol. The van der Waals surface area contributed by atoms with Crippen LogP contribution in [0.5, 0.6) is 0 Å². The molecule has 0 bridgehead atoms. The third kappa shape index (κ3) is 1.82. The summed E-state index contributed by atoms with van der Waals surface area (Å²) >= 11 is 0. The van der Waals surface area contributed by atoms with Gasteiger partial charge in [0.1, 0.15) is 0 Å². The molecule has 0 atom stereocenters. The lowest BCUT2D eigenvalue weighted by atomic mass is 10.3. The Labute approximate surface area is 86.1 Å². The molecule has 14 heavy (non-hydrogen) atoms. The summed E-state index contributed by atoms with van der Waals surface area (Å²) in [5, 5.41) is 1.02. The van der Waals surface area contributed by atoms with Crippen LogP contribution in [0.1, 0.15) is 6.92 Å². The lowest BCUT2D eigenvalue weighted by Gasteiger charge is -2.27. The number of nitrogen functional groups attached to an aromatic ring is 1. The summed E-state index contributed by atoms with van der Waals surface area (Å²) in [5.41, 5.74) is 6.66. The first-order valence-corrected chi connectivity index (χ1v) is 6.68. The normalized spacial score (nSPS) is 11.6. The van der Waals surface area contributed by atoms with E-state index in [0.29, 0.717) is 0 Å². The van der Waals surface area contributed by atoms with Crippen molar-refractivity contribution in [3.8, 4) is 0 Å². The fourth-order valence-electron chi connectivity index (χ4n) is 1.63. The lowest BCUT2D eigenvalue weighted by Crippen LogP contribution is -2.52. The number of hydrogen-bond donors (Lipinski definition) is 1. The van der Waals surface area contributed by atoms with Gasteiger partial charge >= 0.3 is 8.56 Å². The van der Waals surface area contributed by atoms with Gasteiger partial charge in [0.15, 0.2) is 0 Å². The Bertz CT molecular complexity index is 292. The highest BCUT2D eigenvalue weighted by Gasteiger charge is 2.37. The van der Waals surface area contributed by atoms with E-state index in [0.717, 1.165) is 16.9 Å². The molecule has 2 N–H and O–H groups in total. The molecule has 0 saturated heterocycles. The van der Waals surface area contributed by atoms with E-state index in [4.69, 9.17) is 14.6 Å². The number of para-hydroxylation sites is 1. The zero-order chi connectivity index (χ0) is 10.6. The quantitative estimate of drug-likeness (QED) is 0.602. The molecule has 0 unspecified atom stereocenters. The number of benzene rings is 1. The Morgan fingerprint density at radius 1 is 1.21 bits per heavy atom. The van der Waals surface area contributed by atoms with E-state index in [-0.39, 0.29) is 0 Å². The Kier molecular flexibility index (Phi) is 3.68. The number of hydrogen-bond acceptors (Lipinski definition) is 3. The highest BCUT2D eigenvalue weighted by molar-refractivity contribution is 6.82. The van der Waals surface area contributed by atoms with Crippen molar-refractivity contribution >= 4 is 19.4 Å². The predicted octanol–water partition coefficient (Wildman–Crippen LogP) is 1.23. The van der Waals surface area contributed by atoms with Crippen LogP contribution in [-0.4, -0.2) is 22.8 Å². The van der Waals surface area contributed by atoms with Gasteiger partial charge in [-0.2, -0.15) is 0 Å². The Morgan fingerprint density at radius 3 is 2.21 bits per heavy atom. The minimum Gasteiger partial charge on any atom is -0.399 e. The van der Waals surface area contributed by atoms with E-state index in [1.165, 1.54) is 0 Å². The van der Waals surface area contributed by atoms with E-state index in [1.54, 1.807) is 14.2 Å².